The van der Waals surface area contributed by atoms with Crippen LogP contribution >= 0.6 is 22.9 Å². The molecule has 1 aromatic heterocycles. The van der Waals surface area contributed by atoms with Crippen molar-refractivity contribution < 1.29 is 9.53 Å². The summed E-state index contributed by atoms with van der Waals surface area (Å²) in [5.41, 5.74) is 1.96. The molecule has 1 amide bonds. The van der Waals surface area contributed by atoms with Crippen molar-refractivity contribution in [2.24, 2.45) is 5.92 Å². The number of thiazole rings is 1. The second-order valence-corrected chi connectivity index (χ2v) is 8.34. The molecule has 0 atom stereocenters. The molecule has 4 rings (SSSR count). The standard InChI is InChI=1S/C21H22ClN3O2S/c1-27-18-5-3-2-4-15(18)13-23-20(26)14-8-10-25(11-9-14)21-24-17-7-6-16(22)12-19(17)28-21/h2-7,12,14H,8-11,13H2,1H3,(H,23,26). The lowest BCUT2D eigenvalue weighted by Crippen LogP contribution is -2.40. The molecule has 5 nitrogen and oxygen atoms in total. The zero-order chi connectivity index (χ0) is 19.5. The van der Waals surface area contributed by atoms with Crippen molar-refractivity contribution in [2.45, 2.75) is 19.4 Å². The minimum Gasteiger partial charge on any atom is -0.496 e. The molecule has 0 unspecified atom stereocenters. The molecule has 0 saturated carbocycles. The summed E-state index contributed by atoms with van der Waals surface area (Å²) in [7, 11) is 1.65. The van der Waals surface area contributed by atoms with Gasteiger partial charge in [-0.15, -0.1) is 0 Å². The van der Waals surface area contributed by atoms with Gasteiger partial charge in [-0.25, -0.2) is 4.98 Å². The van der Waals surface area contributed by atoms with Crippen molar-refractivity contribution in [3.05, 3.63) is 53.1 Å². The maximum Gasteiger partial charge on any atom is 0.223 e. The van der Waals surface area contributed by atoms with Crippen LogP contribution in [0.3, 0.4) is 0 Å². The molecule has 1 N–H and O–H groups in total. The predicted molar refractivity (Wildman–Crippen MR) is 114 cm³/mol. The van der Waals surface area contributed by atoms with Crippen LogP contribution in [-0.4, -0.2) is 31.1 Å². The first-order chi connectivity index (χ1) is 13.6. The molecule has 0 aliphatic carbocycles. The summed E-state index contributed by atoms with van der Waals surface area (Å²) in [6.45, 7) is 2.16. The number of hydrogen-bond donors (Lipinski definition) is 1. The number of ether oxygens (including phenoxy) is 1. The first-order valence-corrected chi connectivity index (χ1v) is 10.5. The number of rotatable bonds is 5. The molecule has 146 valence electrons. The summed E-state index contributed by atoms with van der Waals surface area (Å²) >= 11 is 7.73. The van der Waals surface area contributed by atoms with Gasteiger partial charge in [-0.3, -0.25) is 4.79 Å². The van der Waals surface area contributed by atoms with Crippen LogP contribution in [0.5, 0.6) is 5.75 Å². The fourth-order valence-corrected chi connectivity index (χ4v) is 4.82. The summed E-state index contributed by atoms with van der Waals surface area (Å²) in [6, 6.07) is 13.5. The van der Waals surface area contributed by atoms with Crippen molar-refractivity contribution in [2.75, 3.05) is 25.1 Å². The molecular weight excluding hydrogens is 394 g/mol. The number of carbonyl (C=O) groups is 1. The Hall–Kier alpha value is -2.31. The molecule has 2 heterocycles. The van der Waals surface area contributed by atoms with E-state index in [9.17, 15) is 4.79 Å². The van der Waals surface area contributed by atoms with E-state index in [1.807, 2.05) is 42.5 Å². The van der Waals surface area contributed by atoms with Crippen molar-refractivity contribution in [1.82, 2.24) is 10.3 Å². The van der Waals surface area contributed by atoms with Gasteiger partial charge in [0.25, 0.3) is 0 Å². The molecule has 28 heavy (non-hydrogen) atoms. The Balaban J connectivity index is 1.33. The molecule has 7 heteroatoms. The van der Waals surface area contributed by atoms with E-state index >= 15 is 0 Å². The Bertz CT molecular complexity index is 983. The van der Waals surface area contributed by atoms with Crippen LogP contribution in [0.25, 0.3) is 10.2 Å². The van der Waals surface area contributed by atoms with E-state index in [1.54, 1.807) is 18.4 Å². The summed E-state index contributed by atoms with van der Waals surface area (Å²) in [5.74, 6) is 0.949. The van der Waals surface area contributed by atoms with Crippen LogP contribution in [-0.2, 0) is 11.3 Å². The van der Waals surface area contributed by atoms with Gasteiger partial charge in [0.1, 0.15) is 5.75 Å². The summed E-state index contributed by atoms with van der Waals surface area (Å²) in [5, 5.41) is 4.80. The second-order valence-electron chi connectivity index (χ2n) is 6.90. The Morgan fingerprint density at radius 1 is 1.29 bits per heavy atom. The third kappa shape index (κ3) is 4.08. The highest BCUT2D eigenvalue weighted by molar-refractivity contribution is 7.22. The van der Waals surface area contributed by atoms with Gasteiger partial charge in [-0.05, 0) is 37.1 Å². The zero-order valence-electron chi connectivity index (χ0n) is 15.7. The average Bonchev–Trinajstić information content (AvgIpc) is 3.15. The summed E-state index contributed by atoms with van der Waals surface area (Å²) in [6.07, 6.45) is 1.66. The number of para-hydroxylation sites is 1. The van der Waals surface area contributed by atoms with E-state index in [-0.39, 0.29) is 11.8 Å². The Kier molecular flexibility index (Phi) is 5.69. The zero-order valence-corrected chi connectivity index (χ0v) is 17.2. The van der Waals surface area contributed by atoms with Crippen LogP contribution in [0.2, 0.25) is 5.02 Å². The van der Waals surface area contributed by atoms with Gasteiger partial charge < -0.3 is 15.0 Å². The number of piperidine rings is 1. The number of carbonyl (C=O) groups excluding carboxylic acids is 1. The highest BCUT2D eigenvalue weighted by atomic mass is 35.5. The SMILES string of the molecule is COc1ccccc1CNC(=O)C1CCN(c2nc3ccc(Cl)cc3s2)CC1. The third-order valence-electron chi connectivity index (χ3n) is 5.12. The highest BCUT2D eigenvalue weighted by Crippen LogP contribution is 2.33. The van der Waals surface area contributed by atoms with Crippen LogP contribution in [0, 0.1) is 5.92 Å². The quantitative estimate of drug-likeness (QED) is 0.667. The number of nitrogens with zero attached hydrogens (tertiary/aromatic N) is 2. The van der Waals surface area contributed by atoms with Crippen LogP contribution < -0.4 is 15.0 Å². The van der Waals surface area contributed by atoms with E-state index in [4.69, 9.17) is 21.3 Å². The number of fused-ring (bicyclic) bond motifs is 1. The number of nitrogens with one attached hydrogen (secondary N) is 1. The number of aromatic nitrogens is 1. The average molecular weight is 416 g/mol. The number of hydrogen-bond acceptors (Lipinski definition) is 5. The van der Waals surface area contributed by atoms with E-state index in [0.29, 0.717) is 6.54 Å². The molecular formula is C21H22ClN3O2S. The summed E-state index contributed by atoms with van der Waals surface area (Å²) in [4.78, 5) is 19.6. The summed E-state index contributed by atoms with van der Waals surface area (Å²) < 4.78 is 6.44. The number of anilines is 1. The first-order valence-electron chi connectivity index (χ1n) is 9.34. The maximum atomic E-state index is 12.6. The van der Waals surface area contributed by atoms with Crippen molar-refractivity contribution >= 4 is 44.2 Å². The number of halogens is 1. The van der Waals surface area contributed by atoms with Crippen LogP contribution in [0.1, 0.15) is 18.4 Å². The lowest BCUT2D eigenvalue weighted by molar-refractivity contribution is -0.125. The Labute approximate surface area is 173 Å². The molecule has 1 aliphatic rings. The molecule has 0 radical (unpaired) electrons. The molecule has 0 bridgehead atoms. The lowest BCUT2D eigenvalue weighted by Gasteiger charge is -2.31. The van der Waals surface area contributed by atoms with E-state index < -0.39 is 0 Å². The van der Waals surface area contributed by atoms with Gasteiger partial charge in [-0.2, -0.15) is 0 Å². The fourth-order valence-electron chi connectivity index (χ4n) is 3.53. The van der Waals surface area contributed by atoms with Crippen LogP contribution in [0.4, 0.5) is 5.13 Å². The first kappa shape index (κ1) is 19.0. The van der Waals surface area contributed by atoms with E-state index in [0.717, 1.165) is 57.6 Å². The Morgan fingerprint density at radius 3 is 2.86 bits per heavy atom. The van der Waals surface area contributed by atoms with E-state index in [1.165, 1.54) is 0 Å². The predicted octanol–water partition coefficient (Wildman–Crippen LogP) is 4.49. The second kappa shape index (κ2) is 8.37. The number of amides is 1. The van der Waals surface area contributed by atoms with Crippen molar-refractivity contribution in [3.8, 4) is 5.75 Å². The maximum absolute atomic E-state index is 12.6. The van der Waals surface area contributed by atoms with Gasteiger partial charge >= 0.3 is 0 Å². The van der Waals surface area contributed by atoms with Gasteiger partial charge in [0.15, 0.2) is 5.13 Å². The minimum absolute atomic E-state index is 0.0368. The minimum atomic E-state index is 0.0368. The van der Waals surface area contributed by atoms with Crippen molar-refractivity contribution in [3.63, 3.8) is 0 Å². The molecule has 1 saturated heterocycles. The third-order valence-corrected chi connectivity index (χ3v) is 6.44. The van der Waals surface area contributed by atoms with Gasteiger partial charge in [0.05, 0.1) is 17.3 Å². The highest BCUT2D eigenvalue weighted by Gasteiger charge is 2.26. The largest absolute Gasteiger partial charge is 0.496 e. The fraction of sp³-hybridized carbons (Fsp3) is 0.333. The van der Waals surface area contributed by atoms with Gasteiger partial charge in [-0.1, -0.05) is 41.1 Å². The lowest BCUT2D eigenvalue weighted by atomic mass is 9.96. The topological polar surface area (TPSA) is 54.5 Å². The monoisotopic (exact) mass is 415 g/mol. The van der Waals surface area contributed by atoms with Gasteiger partial charge in [0, 0.05) is 36.1 Å². The van der Waals surface area contributed by atoms with Crippen LogP contribution in [0.15, 0.2) is 42.5 Å². The molecule has 2 aromatic carbocycles. The van der Waals surface area contributed by atoms with E-state index in [2.05, 4.69) is 10.2 Å². The Morgan fingerprint density at radius 2 is 2.07 bits per heavy atom. The normalized spacial score (nSPS) is 15.0. The van der Waals surface area contributed by atoms with Crippen molar-refractivity contribution in [1.29, 1.82) is 0 Å². The molecule has 0 spiro atoms. The number of methoxy groups -OCH3 is 1. The number of benzene rings is 2. The molecule has 1 fully saturated rings. The smallest absolute Gasteiger partial charge is 0.223 e. The molecule has 3 aromatic rings. The molecule has 1 aliphatic heterocycles. The van der Waals surface area contributed by atoms with Gasteiger partial charge in [0.2, 0.25) is 5.91 Å².